The Kier molecular flexibility index (Phi) is 7.68. The lowest BCUT2D eigenvalue weighted by molar-refractivity contribution is -0.385. The number of nitrogens with zero attached hydrogens (tertiary/aromatic N) is 3. The SMILES string of the molecule is N#C/C(=C\c1cc(Br)ccc1OCc1ccc([N+](=O)[O-])cc1)C(=O)Nc1cccc([N+](=O)[O-])c1. The molecule has 0 radical (unpaired) electrons. The van der Waals surface area contributed by atoms with Gasteiger partial charge in [0.15, 0.2) is 0 Å². The molecule has 0 aliphatic heterocycles. The van der Waals surface area contributed by atoms with E-state index in [4.69, 9.17) is 4.74 Å². The van der Waals surface area contributed by atoms with Crippen LogP contribution in [-0.4, -0.2) is 15.8 Å². The normalized spacial score (nSPS) is 10.8. The maximum absolute atomic E-state index is 12.6. The molecule has 0 unspecified atom stereocenters. The zero-order chi connectivity index (χ0) is 24.7. The number of non-ortho nitro benzene ring substituents is 2. The fourth-order valence-electron chi connectivity index (χ4n) is 2.84. The van der Waals surface area contributed by atoms with Gasteiger partial charge in [-0.2, -0.15) is 5.26 Å². The number of carbonyl (C=O) groups is 1. The molecule has 10 nitrogen and oxygen atoms in total. The van der Waals surface area contributed by atoms with E-state index in [9.17, 15) is 30.3 Å². The summed E-state index contributed by atoms with van der Waals surface area (Å²) in [6.45, 7) is 0.0994. The topological polar surface area (TPSA) is 148 Å². The number of hydrogen-bond donors (Lipinski definition) is 1. The number of benzene rings is 3. The van der Waals surface area contributed by atoms with Gasteiger partial charge in [-0.1, -0.05) is 22.0 Å². The van der Waals surface area contributed by atoms with Crippen LogP contribution >= 0.6 is 15.9 Å². The summed E-state index contributed by atoms with van der Waals surface area (Å²) in [6, 6.07) is 18.1. The molecule has 0 bridgehead atoms. The number of amides is 1. The zero-order valence-corrected chi connectivity index (χ0v) is 18.9. The summed E-state index contributed by atoms with van der Waals surface area (Å²) in [7, 11) is 0. The van der Waals surface area contributed by atoms with Gasteiger partial charge in [-0.05, 0) is 48.0 Å². The Bertz CT molecular complexity index is 1330. The number of nitriles is 1. The standard InChI is InChI=1S/C23H15BrN4O6/c24-18-6-9-22(34-14-15-4-7-20(8-5-15)27(30)31)16(11-18)10-17(13-25)23(29)26-19-2-1-3-21(12-19)28(32)33/h1-12H,14H2,(H,26,29)/b17-10+. The number of ether oxygens (including phenoxy) is 1. The van der Waals surface area contributed by atoms with Crippen molar-refractivity contribution in [2.24, 2.45) is 0 Å². The summed E-state index contributed by atoms with van der Waals surface area (Å²) in [5, 5.41) is 33.7. The molecule has 11 heteroatoms. The third kappa shape index (κ3) is 6.24. The first-order chi connectivity index (χ1) is 16.3. The number of rotatable bonds is 8. The second-order valence-electron chi connectivity index (χ2n) is 6.83. The van der Waals surface area contributed by atoms with Crippen molar-refractivity contribution in [2.45, 2.75) is 6.61 Å². The van der Waals surface area contributed by atoms with Crippen LogP contribution < -0.4 is 10.1 Å². The molecule has 0 fully saturated rings. The molecule has 3 aromatic carbocycles. The fourth-order valence-corrected chi connectivity index (χ4v) is 3.22. The van der Waals surface area contributed by atoms with Gasteiger partial charge >= 0.3 is 0 Å². The number of nitrogens with one attached hydrogen (secondary N) is 1. The fraction of sp³-hybridized carbons (Fsp3) is 0.0435. The van der Waals surface area contributed by atoms with Gasteiger partial charge in [0.1, 0.15) is 24.0 Å². The molecule has 0 aliphatic carbocycles. The quantitative estimate of drug-likeness (QED) is 0.180. The van der Waals surface area contributed by atoms with E-state index < -0.39 is 15.8 Å². The van der Waals surface area contributed by atoms with Crippen molar-refractivity contribution >= 4 is 45.0 Å². The Morgan fingerprint density at radius 2 is 1.74 bits per heavy atom. The average Bonchev–Trinajstić information content (AvgIpc) is 2.82. The van der Waals surface area contributed by atoms with Crippen LogP contribution in [0.4, 0.5) is 17.1 Å². The van der Waals surface area contributed by atoms with Crippen LogP contribution in [0.1, 0.15) is 11.1 Å². The highest BCUT2D eigenvalue weighted by Gasteiger charge is 2.14. The molecule has 3 rings (SSSR count). The van der Waals surface area contributed by atoms with Gasteiger partial charge in [-0.3, -0.25) is 25.0 Å². The predicted molar refractivity (Wildman–Crippen MR) is 127 cm³/mol. The van der Waals surface area contributed by atoms with Crippen LogP contribution in [0, 0.1) is 31.6 Å². The minimum atomic E-state index is -0.746. The molecule has 0 saturated carbocycles. The van der Waals surface area contributed by atoms with Gasteiger partial charge in [0.25, 0.3) is 17.3 Å². The van der Waals surface area contributed by atoms with Gasteiger partial charge in [0, 0.05) is 40.0 Å². The van der Waals surface area contributed by atoms with Crippen LogP contribution in [0.3, 0.4) is 0 Å². The minimum absolute atomic E-state index is 0.0376. The van der Waals surface area contributed by atoms with Crippen LogP contribution in [0.2, 0.25) is 0 Å². The molecule has 1 N–H and O–H groups in total. The summed E-state index contributed by atoms with van der Waals surface area (Å²) >= 11 is 3.34. The van der Waals surface area contributed by atoms with E-state index in [1.165, 1.54) is 42.5 Å². The third-order valence-corrected chi connectivity index (χ3v) is 4.99. The minimum Gasteiger partial charge on any atom is -0.488 e. The highest BCUT2D eigenvalue weighted by Crippen LogP contribution is 2.27. The molecule has 0 aliphatic rings. The first kappa shape index (κ1) is 24.1. The van der Waals surface area contributed by atoms with Gasteiger partial charge in [-0.15, -0.1) is 0 Å². The van der Waals surface area contributed by atoms with E-state index in [2.05, 4.69) is 21.2 Å². The lowest BCUT2D eigenvalue weighted by Gasteiger charge is -2.11. The van der Waals surface area contributed by atoms with Gasteiger partial charge < -0.3 is 10.1 Å². The largest absolute Gasteiger partial charge is 0.488 e. The number of carbonyl (C=O) groups excluding carboxylic acids is 1. The number of halogens is 1. The van der Waals surface area contributed by atoms with Crippen molar-refractivity contribution in [3.8, 4) is 11.8 Å². The molecule has 3 aromatic rings. The highest BCUT2D eigenvalue weighted by molar-refractivity contribution is 9.10. The van der Waals surface area contributed by atoms with Crippen LogP contribution in [-0.2, 0) is 11.4 Å². The monoisotopic (exact) mass is 522 g/mol. The lowest BCUT2D eigenvalue weighted by Crippen LogP contribution is -2.13. The van der Waals surface area contributed by atoms with E-state index in [0.29, 0.717) is 21.3 Å². The molecule has 0 aromatic heterocycles. The Labute approximate surface area is 201 Å². The number of nitro benzene ring substituents is 2. The van der Waals surface area contributed by atoms with E-state index >= 15 is 0 Å². The highest BCUT2D eigenvalue weighted by atomic mass is 79.9. The molecular formula is C23H15BrN4O6. The van der Waals surface area contributed by atoms with Crippen LogP contribution in [0.15, 0.2) is 76.8 Å². The first-order valence-corrected chi connectivity index (χ1v) is 10.4. The Morgan fingerprint density at radius 3 is 2.38 bits per heavy atom. The van der Waals surface area contributed by atoms with Crippen molar-refractivity contribution in [1.82, 2.24) is 0 Å². The summed E-state index contributed by atoms with van der Waals surface area (Å²) in [5.41, 5.74) is 0.807. The molecule has 0 spiro atoms. The van der Waals surface area contributed by atoms with Gasteiger partial charge in [0.2, 0.25) is 0 Å². The first-order valence-electron chi connectivity index (χ1n) is 9.60. The Balaban J connectivity index is 1.81. The van der Waals surface area contributed by atoms with Crippen LogP contribution in [0.25, 0.3) is 6.08 Å². The second kappa shape index (κ2) is 10.8. The second-order valence-corrected chi connectivity index (χ2v) is 7.74. The predicted octanol–water partition coefficient (Wildman–Crippen LogP) is 5.39. The smallest absolute Gasteiger partial charge is 0.271 e. The molecule has 0 heterocycles. The Hall–Kier alpha value is -4.56. The van der Waals surface area contributed by atoms with Gasteiger partial charge in [0.05, 0.1) is 9.85 Å². The molecular weight excluding hydrogens is 508 g/mol. The average molecular weight is 523 g/mol. The van der Waals surface area contributed by atoms with E-state index in [1.54, 1.807) is 30.3 Å². The summed E-state index contributed by atoms with van der Waals surface area (Å²) < 4.78 is 6.49. The van der Waals surface area contributed by atoms with Crippen molar-refractivity contribution in [2.75, 3.05) is 5.32 Å². The molecule has 0 atom stereocenters. The third-order valence-electron chi connectivity index (χ3n) is 4.49. The summed E-state index contributed by atoms with van der Waals surface area (Å²) in [6.07, 6.45) is 1.34. The van der Waals surface area contributed by atoms with E-state index in [-0.39, 0.29) is 29.2 Å². The van der Waals surface area contributed by atoms with Crippen molar-refractivity contribution in [1.29, 1.82) is 5.26 Å². The summed E-state index contributed by atoms with van der Waals surface area (Å²) in [5.74, 6) is -0.373. The van der Waals surface area contributed by atoms with Crippen molar-refractivity contribution in [3.05, 3.63) is 108 Å². The number of hydrogen-bond acceptors (Lipinski definition) is 7. The summed E-state index contributed by atoms with van der Waals surface area (Å²) in [4.78, 5) is 33.2. The van der Waals surface area contributed by atoms with Crippen molar-refractivity contribution in [3.63, 3.8) is 0 Å². The van der Waals surface area contributed by atoms with E-state index in [0.717, 1.165) is 0 Å². The maximum Gasteiger partial charge on any atom is 0.271 e. The molecule has 170 valence electrons. The number of anilines is 1. The molecule has 0 saturated heterocycles. The number of nitro groups is 2. The van der Waals surface area contributed by atoms with E-state index in [1.807, 2.05) is 6.07 Å². The van der Waals surface area contributed by atoms with Crippen molar-refractivity contribution < 1.29 is 19.4 Å². The van der Waals surface area contributed by atoms with Gasteiger partial charge in [-0.25, -0.2) is 0 Å². The molecule has 1 amide bonds. The Morgan fingerprint density at radius 1 is 1.03 bits per heavy atom. The maximum atomic E-state index is 12.6. The zero-order valence-electron chi connectivity index (χ0n) is 17.3. The molecule has 34 heavy (non-hydrogen) atoms. The van der Waals surface area contributed by atoms with Crippen LogP contribution in [0.5, 0.6) is 5.75 Å². The lowest BCUT2D eigenvalue weighted by atomic mass is 10.1.